The lowest BCUT2D eigenvalue weighted by molar-refractivity contribution is 0.352. The van der Waals surface area contributed by atoms with E-state index in [0.717, 1.165) is 13.1 Å². The van der Waals surface area contributed by atoms with E-state index in [2.05, 4.69) is 38.5 Å². The van der Waals surface area contributed by atoms with Crippen molar-refractivity contribution in [1.29, 1.82) is 0 Å². The highest BCUT2D eigenvalue weighted by Crippen LogP contribution is 2.20. The number of nitrogens with zero attached hydrogens (tertiary/aromatic N) is 1. The number of unbranched alkanes of at least 4 members (excludes halogenated alkanes) is 4. The van der Waals surface area contributed by atoms with Crippen molar-refractivity contribution in [2.75, 3.05) is 13.1 Å². The van der Waals surface area contributed by atoms with E-state index >= 15 is 0 Å². The molecule has 1 rings (SSSR count). The van der Waals surface area contributed by atoms with Crippen molar-refractivity contribution < 1.29 is 0 Å². The second-order valence-electron chi connectivity index (χ2n) is 6.87. The topological polar surface area (TPSA) is 36.4 Å². The summed E-state index contributed by atoms with van der Waals surface area (Å²) in [5.41, 5.74) is 6.82. The molecule has 124 valence electrons. The van der Waals surface area contributed by atoms with Gasteiger partial charge in [0, 0.05) is 19.0 Å². The lowest BCUT2D eigenvalue weighted by Crippen LogP contribution is -2.46. The van der Waals surface area contributed by atoms with E-state index in [1.165, 1.54) is 57.2 Å². The number of rotatable bonds is 9. The molecular formula is C18H37N3. The van der Waals surface area contributed by atoms with Crippen molar-refractivity contribution >= 4 is 5.84 Å². The number of hydrogen-bond donors (Lipinski definition) is 2. The van der Waals surface area contributed by atoms with Crippen LogP contribution in [0.5, 0.6) is 0 Å². The first-order chi connectivity index (χ1) is 10.2. The molecule has 3 nitrogen and oxygen atoms in total. The molecule has 21 heavy (non-hydrogen) atoms. The first kappa shape index (κ1) is 18.5. The van der Waals surface area contributed by atoms with Crippen LogP contribution in [0.25, 0.3) is 0 Å². The highest BCUT2D eigenvalue weighted by molar-refractivity contribution is 5.84. The summed E-state index contributed by atoms with van der Waals surface area (Å²) in [6, 6.07) is 0. The maximum atomic E-state index is 4.91. The van der Waals surface area contributed by atoms with Crippen molar-refractivity contribution in [3.63, 3.8) is 0 Å². The fourth-order valence-corrected chi connectivity index (χ4v) is 2.88. The van der Waals surface area contributed by atoms with Crippen LogP contribution in [-0.4, -0.2) is 18.9 Å². The average Bonchev–Trinajstić information content (AvgIpc) is 2.48. The fraction of sp³-hybridized carbons (Fsp3) is 0.944. The van der Waals surface area contributed by atoms with Crippen LogP contribution in [0.2, 0.25) is 0 Å². The van der Waals surface area contributed by atoms with Gasteiger partial charge in [0.2, 0.25) is 0 Å². The monoisotopic (exact) mass is 295 g/mol. The van der Waals surface area contributed by atoms with Gasteiger partial charge in [-0.3, -0.25) is 4.99 Å². The summed E-state index contributed by atoms with van der Waals surface area (Å²) in [5.74, 6) is 3.19. The molecule has 0 aromatic rings. The number of amidine groups is 1. The van der Waals surface area contributed by atoms with Gasteiger partial charge in [-0.15, -0.1) is 0 Å². The molecule has 0 bridgehead atoms. The lowest BCUT2D eigenvalue weighted by Gasteiger charge is -2.27. The minimum atomic E-state index is 0.620. The zero-order valence-electron chi connectivity index (χ0n) is 14.8. The number of nitrogens with one attached hydrogen (secondary N) is 2. The zero-order valence-corrected chi connectivity index (χ0v) is 14.8. The standard InChI is InChI=1S/C18H37N3/c1-5-7-9-10-12-17(11-8-6-2)18-19-13-15(3)16(4)14-20-21-18/h15-17,20H,5-14H2,1-4H3,(H,19,21). The minimum Gasteiger partial charge on any atom is -0.309 e. The molecule has 1 heterocycles. The van der Waals surface area contributed by atoms with Crippen molar-refractivity contribution in [2.45, 2.75) is 79.1 Å². The van der Waals surface area contributed by atoms with Gasteiger partial charge >= 0.3 is 0 Å². The molecule has 0 spiro atoms. The van der Waals surface area contributed by atoms with Crippen LogP contribution in [0.1, 0.15) is 79.1 Å². The molecule has 0 saturated heterocycles. The summed E-state index contributed by atoms with van der Waals surface area (Å²) >= 11 is 0. The lowest BCUT2D eigenvalue weighted by atomic mass is 9.92. The predicted molar refractivity (Wildman–Crippen MR) is 93.5 cm³/mol. The molecule has 3 heteroatoms. The molecular weight excluding hydrogens is 258 g/mol. The maximum Gasteiger partial charge on any atom is 0.114 e. The van der Waals surface area contributed by atoms with Crippen LogP contribution in [0.4, 0.5) is 0 Å². The summed E-state index contributed by atoms with van der Waals surface area (Å²) in [7, 11) is 0. The molecule has 3 atom stereocenters. The Morgan fingerprint density at radius 3 is 2.43 bits per heavy atom. The molecule has 2 N–H and O–H groups in total. The molecule has 0 aromatic heterocycles. The fourth-order valence-electron chi connectivity index (χ4n) is 2.88. The smallest absolute Gasteiger partial charge is 0.114 e. The SMILES string of the molecule is CCCCCCC(CCCC)C1=NCC(C)C(C)CNN1. The van der Waals surface area contributed by atoms with E-state index in [0.29, 0.717) is 17.8 Å². The van der Waals surface area contributed by atoms with E-state index in [1.54, 1.807) is 0 Å². The van der Waals surface area contributed by atoms with Crippen LogP contribution in [-0.2, 0) is 0 Å². The van der Waals surface area contributed by atoms with Gasteiger partial charge in [-0.1, -0.05) is 66.2 Å². The normalized spacial score (nSPS) is 24.7. The number of hydrogen-bond acceptors (Lipinski definition) is 3. The van der Waals surface area contributed by atoms with Crippen molar-refractivity contribution in [3.05, 3.63) is 0 Å². The molecule has 0 amide bonds. The largest absolute Gasteiger partial charge is 0.309 e. The number of aliphatic imine (C=N–C) groups is 1. The first-order valence-electron chi connectivity index (χ1n) is 9.22. The summed E-state index contributed by atoms with van der Waals surface area (Å²) in [5, 5.41) is 0. The second-order valence-corrected chi connectivity index (χ2v) is 6.87. The van der Waals surface area contributed by atoms with E-state index in [4.69, 9.17) is 4.99 Å². The molecule has 0 aliphatic carbocycles. The Hall–Kier alpha value is -0.570. The Balaban J connectivity index is 2.57. The Kier molecular flexibility index (Phi) is 9.73. The van der Waals surface area contributed by atoms with Crippen LogP contribution in [0, 0.1) is 17.8 Å². The van der Waals surface area contributed by atoms with Gasteiger partial charge in [0.15, 0.2) is 0 Å². The molecule has 1 aliphatic heterocycles. The number of hydrazine groups is 1. The van der Waals surface area contributed by atoms with E-state index < -0.39 is 0 Å². The third-order valence-corrected chi connectivity index (χ3v) is 4.86. The highest BCUT2D eigenvalue weighted by atomic mass is 15.4. The molecule has 0 radical (unpaired) electrons. The van der Waals surface area contributed by atoms with Crippen molar-refractivity contribution in [1.82, 2.24) is 10.9 Å². The molecule has 1 aliphatic rings. The van der Waals surface area contributed by atoms with Crippen molar-refractivity contribution in [2.24, 2.45) is 22.7 Å². The summed E-state index contributed by atoms with van der Waals surface area (Å²) < 4.78 is 0. The van der Waals surface area contributed by atoms with E-state index in [9.17, 15) is 0 Å². The average molecular weight is 296 g/mol. The Labute approximate surface area is 132 Å². The molecule has 3 unspecified atom stereocenters. The van der Waals surface area contributed by atoms with Gasteiger partial charge in [0.1, 0.15) is 5.84 Å². The molecule has 0 saturated carbocycles. The Morgan fingerprint density at radius 1 is 1.00 bits per heavy atom. The summed E-state index contributed by atoms with van der Waals surface area (Å²) in [6.45, 7) is 11.2. The van der Waals surface area contributed by atoms with E-state index in [-0.39, 0.29) is 0 Å². The summed E-state index contributed by atoms with van der Waals surface area (Å²) in [4.78, 5) is 4.91. The van der Waals surface area contributed by atoms with Gasteiger partial charge in [-0.25, -0.2) is 5.43 Å². The quantitative estimate of drug-likeness (QED) is 0.613. The zero-order chi connectivity index (χ0) is 15.5. The van der Waals surface area contributed by atoms with Gasteiger partial charge < -0.3 is 5.43 Å². The Morgan fingerprint density at radius 2 is 1.71 bits per heavy atom. The van der Waals surface area contributed by atoms with Gasteiger partial charge in [-0.2, -0.15) is 0 Å². The minimum absolute atomic E-state index is 0.620. The van der Waals surface area contributed by atoms with Gasteiger partial charge in [0.05, 0.1) is 0 Å². The first-order valence-corrected chi connectivity index (χ1v) is 9.22. The molecule has 0 aromatic carbocycles. The highest BCUT2D eigenvalue weighted by Gasteiger charge is 2.20. The van der Waals surface area contributed by atoms with Crippen LogP contribution >= 0.6 is 0 Å². The van der Waals surface area contributed by atoms with Gasteiger partial charge in [0.25, 0.3) is 0 Å². The van der Waals surface area contributed by atoms with Crippen LogP contribution < -0.4 is 10.9 Å². The predicted octanol–water partition coefficient (Wildman–Crippen LogP) is 4.54. The Bertz CT molecular complexity index is 288. The second kappa shape index (κ2) is 11.1. The maximum absolute atomic E-state index is 4.91. The molecule has 0 fully saturated rings. The van der Waals surface area contributed by atoms with Crippen LogP contribution in [0.15, 0.2) is 4.99 Å². The third-order valence-electron chi connectivity index (χ3n) is 4.86. The van der Waals surface area contributed by atoms with E-state index in [1.807, 2.05) is 0 Å². The third kappa shape index (κ3) is 7.30. The van der Waals surface area contributed by atoms with Crippen LogP contribution in [0.3, 0.4) is 0 Å². The summed E-state index contributed by atoms with van der Waals surface area (Å²) in [6.07, 6.45) is 10.5. The van der Waals surface area contributed by atoms with Gasteiger partial charge in [-0.05, 0) is 24.7 Å². The van der Waals surface area contributed by atoms with Crippen molar-refractivity contribution in [3.8, 4) is 0 Å².